The van der Waals surface area contributed by atoms with Gasteiger partial charge in [-0.2, -0.15) is 0 Å². The summed E-state index contributed by atoms with van der Waals surface area (Å²) in [6.07, 6.45) is 0. The van der Waals surface area contributed by atoms with E-state index in [-0.39, 0.29) is 29.7 Å². The van der Waals surface area contributed by atoms with E-state index >= 15 is 0 Å². The number of carbonyl (C=O) groups excluding carboxylic acids is 1. The molecule has 0 fully saturated rings. The summed E-state index contributed by atoms with van der Waals surface area (Å²) in [5.41, 5.74) is 5.16. The number of carbonyl (C=O) groups is 1. The highest BCUT2D eigenvalue weighted by Gasteiger charge is 2.06. The number of guanidine groups is 1. The molecule has 2 rings (SSSR count). The van der Waals surface area contributed by atoms with Crippen LogP contribution in [0.15, 0.2) is 56.8 Å². The molecule has 0 saturated heterocycles. The Morgan fingerprint density at radius 3 is 2.60 bits per heavy atom. The highest BCUT2D eigenvalue weighted by Crippen LogP contribution is 2.15. The lowest BCUT2D eigenvalue weighted by molar-refractivity contribution is 0.0972. The van der Waals surface area contributed by atoms with Crippen molar-refractivity contribution < 1.29 is 9.21 Å². The van der Waals surface area contributed by atoms with Crippen LogP contribution in [0.1, 0.15) is 23.2 Å². The van der Waals surface area contributed by atoms with E-state index in [9.17, 15) is 4.79 Å². The van der Waals surface area contributed by atoms with Gasteiger partial charge in [0, 0.05) is 23.7 Å². The second kappa shape index (κ2) is 11.8. The third-order valence-electron chi connectivity index (χ3n) is 3.05. The first-order valence-electron chi connectivity index (χ1n) is 7.77. The number of nitrogens with zero attached hydrogens (tertiary/aromatic N) is 1. The molecule has 1 aromatic heterocycles. The summed E-state index contributed by atoms with van der Waals surface area (Å²) in [5, 5.41) is 6.45. The fraction of sp³-hybridized carbons (Fsp3) is 0.294. The van der Waals surface area contributed by atoms with Crippen LogP contribution in [-0.4, -0.2) is 30.7 Å². The van der Waals surface area contributed by atoms with Gasteiger partial charge in [0.05, 0.1) is 0 Å². The topological polar surface area (TPSA) is 92.6 Å². The molecule has 136 valence electrons. The number of rotatable bonds is 8. The van der Waals surface area contributed by atoms with Crippen molar-refractivity contribution in [2.24, 2.45) is 10.7 Å². The first kappa shape index (κ1) is 21.4. The van der Waals surface area contributed by atoms with Crippen LogP contribution in [0.2, 0.25) is 0 Å². The smallest absolute Gasteiger partial charge is 0.284 e. The number of hydrogen-bond donors (Lipinski definition) is 3. The monoisotopic (exact) mass is 474 g/mol. The van der Waals surface area contributed by atoms with E-state index in [1.165, 1.54) is 4.90 Å². The van der Waals surface area contributed by atoms with E-state index in [0.29, 0.717) is 18.3 Å². The van der Waals surface area contributed by atoms with Crippen LogP contribution in [0.3, 0.4) is 0 Å². The summed E-state index contributed by atoms with van der Waals surface area (Å²) >= 11 is 1.79. The first-order valence-corrected chi connectivity index (χ1v) is 8.76. The van der Waals surface area contributed by atoms with Crippen LogP contribution in [0.4, 0.5) is 0 Å². The van der Waals surface area contributed by atoms with E-state index in [1.807, 2.05) is 25.1 Å². The Bertz CT molecular complexity index is 676. The minimum absolute atomic E-state index is 0. The van der Waals surface area contributed by atoms with Gasteiger partial charge in [0.2, 0.25) is 0 Å². The largest absolute Gasteiger partial charge is 0.454 e. The maximum absolute atomic E-state index is 11.0. The van der Waals surface area contributed by atoms with Crippen molar-refractivity contribution in [2.75, 3.05) is 18.8 Å². The van der Waals surface area contributed by atoms with Gasteiger partial charge < -0.3 is 20.8 Å². The van der Waals surface area contributed by atoms with Gasteiger partial charge in [-0.15, -0.1) is 35.7 Å². The number of hydrogen-bond acceptors (Lipinski definition) is 4. The molecule has 0 aliphatic heterocycles. The summed E-state index contributed by atoms with van der Waals surface area (Å²) < 4.78 is 5.32. The maximum atomic E-state index is 11.0. The molecule has 1 amide bonds. The van der Waals surface area contributed by atoms with Gasteiger partial charge in [0.25, 0.3) is 5.91 Å². The van der Waals surface area contributed by atoms with Gasteiger partial charge in [-0.1, -0.05) is 18.2 Å². The molecule has 6 nitrogen and oxygen atoms in total. The molecule has 1 aromatic carbocycles. The van der Waals surface area contributed by atoms with E-state index in [0.717, 1.165) is 18.8 Å². The Morgan fingerprint density at radius 2 is 1.96 bits per heavy atom. The molecule has 2 aromatic rings. The van der Waals surface area contributed by atoms with Crippen LogP contribution in [0, 0.1) is 0 Å². The molecule has 4 N–H and O–H groups in total. The van der Waals surface area contributed by atoms with Crippen molar-refractivity contribution in [1.29, 1.82) is 0 Å². The van der Waals surface area contributed by atoms with Crippen LogP contribution in [0.5, 0.6) is 0 Å². The Kier molecular flexibility index (Phi) is 10.1. The second-order valence-electron chi connectivity index (χ2n) is 4.91. The van der Waals surface area contributed by atoms with Gasteiger partial charge >= 0.3 is 0 Å². The molecular weight excluding hydrogens is 451 g/mol. The minimum Gasteiger partial charge on any atom is -0.454 e. The number of furan rings is 1. The zero-order chi connectivity index (χ0) is 17.2. The molecule has 0 bridgehead atoms. The standard InChI is InChI=1S/C17H22N4O2S.HI/c1-2-19-17(20-10-11-24-14-6-4-3-5-7-14)21-12-13-8-9-15(23-13)16(18)22;/h3-9H,2,10-12H2,1H3,(H2,18,22)(H2,19,20,21);1H. The van der Waals surface area contributed by atoms with E-state index < -0.39 is 5.91 Å². The molecule has 0 spiro atoms. The summed E-state index contributed by atoms with van der Waals surface area (Å²) in [6, 6.07) is 13.5. The zero-order valence-electron chi connectivity index (χ0n) is 14.0. The quantitative estimate of drug-likeness (QED) is 0.180. The molecule has 0 radical (unpaired) electrons. The predicted molar refractivity (Wildman–Crippen MR) is 113 cm³/mol. The highest BCUT2D eigenvalue weighted by molar-refractivity contribution is 14.0. The van der Waals surface area contributed by atoms with Gasteiger partial charge in [0.15, 0.2) is 11.7 Å². The van der Waals surface area contributed by atoms with Crippen molar-refractivity contribution in [2.45, 2.75) is 18.4 Å². The van der Waals surface area contributed by atoms with Crippen molar-refractivity contribution in [3.8, 4) is 0 Å². The van der Waals surface area contributed by atoms with E-state index in [1.54, 1.807) is 23.9 Å². The maximum Gasteiger partial charge on any atom is 0.284 e. The number of halogens is 1. The Balaban J connectivity index is 0.00000312. The second-order valence-corrected chi connectivity index (χ2v) is 6.08. The fourth-order valence-corrected chi connectivity index (χ4v) is 2.74. The lowest BCUT2D eigenvalue weighted by atomic mass is 10.4. The molecule has 0 aliphatic carbocycles. The molecule has 0 aliphatic rings. The molecule has 0 unspecified atom stereocenters. The van der Waals surface area contributed by atoms with Gasteiger partial charge in [0.1, 0.15) is 12.3 Å². The van der Waals surface area contributed by atoms with E-state index in [4.69, 9.17) is 10.2 Å². The number of aliphatic imine (C=N–C) groups is 1. The molecule has 8 heteroatoms. The number of benzene rings is 1. The molecule has 25 heavy (non-hydrogen) atoms. The summed E-state index contributed by atoms with van der Waals surface area (Å²) in [5.74, 6) is 1.81. The zero-order valence-corrected chi connectivity index (χ0v) is 17.2. The summed E-state index contributed by atoms with van der Waals surface area (Å²) in [4.78, 5) is 16.7. The lowest BCUT2D eigenvalue weighted by Crippen LogP contribution is -2.38. The number of nitrogens with two attached hydrogens (primary N) is 1. The Hall–Kier alpha value is -1.68. The Labute approximate surface area is 169 Å². The van der Waals surface area contributed by atoms with Crippen molar-refractivity contribution in [3.05, 3.63) is 54.0 Å². The van der Waals surface area contributed by atoms with Crippen LogP contribution in [0.25, 0.3) is 0 Å². The Morgan fingerprint density at radius 1 is 1.20 bits per heavy atom. The molecule has 0 saturated carbocycles. The van der Waals surface area contributed by atoms with Gasteiger partial charge in [-0.05, 0) is 31.2 Å². The average Bonchev–Trinajstić information content (AvgIpc) is 3.06. The summed E-state index contributed by atoms with van der Waals surface area (Å²) in [7, 11) is 0. The van der Waals surface area contributed by atoms with Crippen molar-refractivity contribution in [3.63, 3.8) is 0 Å². The number of nitrogens with one attached hydrogen (secondary N) is 2. The molecular formula is C17H23IN4O2S. The molecule has 0 atom stereocenters. The third-order valence-corrected chi connectivity index (χ3v) is 4.06. The first-order chi connectivity index (χ1) is 11.7. The molecule has 1 heterocycles. The highest BCUT2D eigenvalue weighted by atomic mass is 127. The normalized spacial score (nSPS) is 10.8. The number of thioether (sulfide) groups is 1. The summed E-state index contributed by atoms with van der Waals surface area (Å²) in [6.45, 7) is 3.90. The van der Waals surface area contributed by atoms with Gasteiger partial charge in [-0.3, -0.25) is 4.79 Å². The third kappa shape index (κ3) is 7.82. The minimum atomic E-state index is -0.576. The SMILES string of the molecule is CCNC(=NCc1ccc(C(N)=O)o1)NCCSc1ccccc1.I. The van der Waals surface area contributed by atoms with Crippen LogP contribution >= 0.6 is 35.7 Å². The van der Waals surface area contributed by atoms with Crippen LogP contribution in [-0.2, 0) is 6.54 Å². The van der Waals surface area contributed by atoms with E-state index in [2.05, 4.69) is 27.8 Å². The lowest BCUT2D eigenvalue weighted by Gasteiger charge is -2.10. The number of primary amides is 1. The van der Waals surface area contributed by atoms with Crippen LogP contribution < -0.4 is 16.4 Å². The van der Waals surface area contributed by atoms with Crippen molar-refractivity contribution in [1.82, 2.24) is 10.6 Å². The predicted octanol–water partition coefficient (Wildman–Crippen LogP) is 2.84. The average molecular weight is 474 g/mol. The number of amides is 1. The van der Waals surface area contributed by atoms with Gasteiger partial charge in [-0.25, -0.2) is 4.99 Å². The van der Waals surface area contributed by atoms with Crippen molar-refractivity contribution >= 4 is 47.6 Å². The fourth-order valence-electron chi connectivity index (χ4n) is 1.95.